The van der Waals surface area contributed by atoms with E-state index in [4.69, 9.17) is 11.0 Å². The molecular weight excluding hydrogens is 253 g/mol. The van der Waals surface area contributed by atoms with Crippen LogP contribution in [0.4, 0.5) is 15.8 Å². The highest BCUT2D eigenvalue weighted by Gasteiger charge is 2.17. The Morgan fingerprint density at radius 2 is 1.95 bits per heavy atom. The van der Waals surface area contributed by atoms with Crippen molar-refractivity contribution in [3.05, 3.63) is 59.4 Å². The van der Waals surface area contributed by atoms with Gasteiger partial charge in [-0.25, -0.2) is 4.39 Å². The molecule has 0 spiro atoms. The number of hydrogen-bond acceptors (Lipinski definition) is 3. The van der Waals surface area contributed by atoms with E-state index in [2.05, 4.69) is 0 Å². The molecule has 0 saturated heterocycles. The number of nitriles is 1. The molecule has 0 radical (unpaired) electrons. The van der Waals surface area contributed by atoms with Gasteiger partial charge in [0.05, 0.1) is 29.0 Å². The quantitative estimate of drug-likeness (QED) is 0.868. The Bertz CT molecular complexity index is 661. The smallest absolute Gasteiger partial charge is 0.128 e. The molecule has 3 nitrogen and oxygen atoms in total. The minimum absolute atomic E-state index is 0.161. The number of nitrogen functional groups attached to an aromatic ring is 1. The maximum absolute atomic E-state index is 13.8. The van der Waals surface area contributed by atoms with E-state index >= 15 is 0 Å². The van der Waals surface area contributed by atoms with Gasteiger partial charge >= 0.3 is 0 Å². The second-order valence-corrected chi connectivity index (χ2v) is 4.69. The van der Waals surface area contributed by atoms with Gasteiger partial charge in [0.1, 0.15) is 5.82 Å². The van der Waals surface area contributed by atoms with Crippen LogP contribution in [0.15, 0.2) is 42.5 Å². The Labute approximate surface area is 118 Å². The van der Waals surface area contributed by atoms with Crippen molar-refractivity contribution in [2.45, 2.75) is 13.0 Å². The predicted molar refractivity (Wildman–Crippen MR) is 78.8 cm³/mol. The first-order chi connectivity index (χ1) is 9.54. The van der Waals surface area contributed by atoms with E-state index in [1.807, 2.05) is 31.0 Å². The number of rotatable bonds is 3. The molecule has 0 saturated carbocycles. The highest BCUT2D eigenvalue weighted by atomic mass is 19.1. The summed E-state index contributed by atoms with van der Waals surface area (Å²) in [5, 5.41) is 8.85. The largest absolute Gasteiger partial charge is 0.397 e. The van der Waals surface area contributed by atoms with Gasteiger partial charge in [0.15, 0.2) is 0 Å². The Hall–Kier alpha value is -2.54. The van der Waals surface area contributed by atoms with E-state index in [1.54, 1.807) is 30.3 Å². The summed E-state index contributed by atoms with van der Waals surface area (Å²) in [6.45, 7) is 1.91. The molecule has 1 unspecified atom stereocenters. The first kappa shape index (κ1) is 13.9. The van der Waals surface area contributed by atoms with Gasteiger partial charge in [-0.2, -0.15) is 5.26 Å². The van der Waals surface area contributed by atoms with Crippen LogP contribution in [0.1, 0.15) is 24.1 Å². The van der Waals surface area contributed by atoms with E-state index < -0.39 is 0 Å². The van der Waals surface area contributed by atoms with Crippen LogP contribution in [0, 0.1) is 17.1 Å². The second-order valence-electron chi connectivity index (χ2n) is 4.69. The SMILES string of the molecule is CC(c1ccccc1F)N(C)c1ccc(C#N)cc1N. The fraction of sp³-hybridized carbons (Fsp3) is 0.188. The molecule has 0 aliphatic heterocycles. The van der Waals surface area contributed by atoms with Crippen molar-refractivity contribution in [1.29, 1.82) is 5.26 Å². The zero-order valence-corrected chi connectivity index (χ0v) is 11.5. The summed E-state index contributed by atoms with van der Waals surface area (Å²) in [6, 6.07) is 13.7. The van der Waals surface area contributed by atoms with Crippen molar-refractivity contribution in [3.63, 3.8) is 0 Å². The molecule has 0 amide bonds. The minimum atomic E-state index is -0.237. The summed E-state index contributed by atoms with van der Waals surface area (Å²) in [6.07, 6.45) is 0. The lowest BCUT2D eigenvalue weighted by atomic mass is 10.1. The molecule has 0 aliphatic carbocycles. The molecular formula is C16H16FN3. The third-order valence-corrected chi connectivity index (χ3v) is 3.47. The van der Waals surface area contributed by atoms with Gasteiger partial charge in [-0.3, -0.25) is 0 Å². The Balaban J connectivity index is 2.34. The molecule has 2 aromatic rings. The van der Waals surface area contributed by atoms with E-state index in [-0.39, 0.29) is 11.9 Å². The van der Waals surface area contributed by atoms with Crippen molar-refractivity contribution in [3.8, 4) is 6.07 Å². The molecule has 4 heteroatoms. The molecule has 2 aromatic carbocycles. The normalized spacial score (nSPS) is 11.7. The second kappa shape index (κ2) is 5.62. The lowest BCUT2D eigenvalue weighted by Gasteiger charge is -2.28. The number of nitrogens with zero attached hydrogens (tertiary/aromatic N) is 2. The average molecular weight is 269 g/mol. The fourth-order valence-corrected chi connectivity index (χ4v) is 2.18. The maximum atomic E-state index is 13.8. The van der Waals surface area contributed by atoms with Crippen molar-refractivity contribution in [2.24, 2.45) is 0 Å². The zero-order valence-electron chi connectivity index (χ0n) is 11.5. The lowest BCUT2D eigenvalue weighted by molar-refractivity contribution is 0.585. The van der Waals surface area contributed by atoms with Gasteiger partial charge in [0.2, 0.25) is 0 Å². The summed E-state index contributed by atoms with van der Waals surface area (Å²) < 4.78 is 13.8. The number of nitrogens with two attached hydrogens (primary N) is 1. The van der Waals surface area contributed by atoms with Crippen LogP contribution in [-0.2, 0) is 0 Å². The third kappa shape index (κ3) is 2.57. The highest BCUT2D eigenvalue weighted by Crippen LogP contribution is 2.31. The van der Waals surface area contributed by atoms with Crippen LogP contribution in [0.3, 0.4) is 0 Å². The van der Waals surface area contributed by atoms with Crippen LogP contribution >= 0.6 is 0 Å². The number of benzene rings is 2. The topological polar surface area (TPSA) is 53.0 Å². The minimum Gasteiger partial charge on any atom is -0.397 e. The number of anilines is 2. The van der Waals surface area contributed by atoms with Crippen molar-refractivity contribution in [1.82, 2.24) is 0 Å². The first-order valence-electron chi connectivity index (χ1n) is 6.31. The van der Waals surface area contributed by atoms with Crippen LogP contribution in [-0.4, -0.2) is 7.05 Å². The van der Waals surface area contributed by atoms with E-state index in [0.717, 1.165) is 5.69 Å². The molecule has 20 heavy (non-hydrogen) atoms. The third-order valence-electron chi connectivity index (χ3n) is 3.47. The predicted octanol–water partition coefficient (Wildman–Crippen LogP) is 3.48. The molecule has 0 aromatic heterocycles. The summed E-state index contributed by atoms with van der Waals surface area (Å²) in [5.41, 5.74) is 8.37. The van der Waals surface area contributed by atoms with Crippen LogP contribution in [0.2, 0.25) is 0 Å². The average Bonchev–Trinajstić information content (AvgIpc) is 2.46. The number of halogens is 1. The molecule has 0 aliphatic rings. The van der Waals surface area contributed by atoms with E-state index in [0.29, 0.717) is 16.8 Å². The molecule has 2 rings (SSSR count). The van der Waals surface area contributed by atoms with Gasteiger partial charge in [0, 0.05) is 12.6 Å². The zero-order chi connectivity index (χ0) is 14.7. The van der Waals surface area contributed by atoms with Crippen molar-refractivity contribution in [2.75, 3.05) is 17.7 Å². The van der Waals surface area contributed by atoms with Crippen molar-refractivity contribution < 1.29 is 4.39 Å². The molecule has 0 fully saturated rings. The summed E-state index contributed by atoms with van der Waals surface area (Å²) in [7, 11) is 1.86. The first-order valence-corrected chi connectivity index (χ1v) is 6.31. The Morgan fingerprint density at radius 1 is 1.25 bits per heavy atom. The van der Waals surface area contributed by atoms with Crippen LogP contribution < -0.4 is 10.6 Å². The number of hydrogen-bond donors (Lipinski definition) is 1. The van der Waals surface area contributed by atoms with Crippen molar-refractivity contribution >= 4 is 11.4 Å². The summed E-state index contributed by atoms with van der Waals surface area (Å²) in [4.78, 5) is 1.90. The fourth-order valence-electron chi connectivity index (χ4n) is 2.18. The van der Waals surface area contributed by atoms with E-state index in [9.17, 15) is 4.39 Å². The Morgan fingerprint density at radius 3 is 2.55 bits per heavy atom. The molecule has 0 bridgehead atoms. The highest BCUT2D eigenvalue weighted by molar-refractivity contribution is 5.70. The Kier molecular flexibility index (Phi) is 3.90. The standard InChI is InChI=1S/C16H16FN3/c1-11(13-5-3-4-6-14(13)17)20(2)16-8-7-12(10-18)9-15(16)19/h3-9,11H,19H2,1-2H3. The lowest BCUT2D eigenvalue weighted by Crippen LogP contribution is -2.23. The van der Waals surface area contributed by atoms with Gasteiger partial charge < -0.3 is 10.6 Å². The summed E-state index contributed by atoms with van der Waals surface area (Å²) in [5.74, 6) is -0.237. The van der Waals surface area contributed by atoms with Gasteiger partial charge in [0.25, 0.3) is 0 Å². The molecule has 1 atom stereocenters. The maximum Gasteiger partial charge on any atom is 0.128 e. The molecule has 102 valence electrons. The summed E-state index contributed by atoms with van der Waals surface area (Å²) >= 11 is 0. The van der Waals surface area contributed by atoms with Gasteiger partial charge in [-0.1, -0.05) is 18.2 Å². The molecule has 2 N–H and O–H groups in total. The van der Waals surface area contributed by atoms with Gasteiger partial charge in [-0.05, 0) is 31.2 Å². The van der Waals surface area contributed by atoms with Gasteiger partial charge in [-0.15, -0.1) is 0 Å². The van der Waals surface area contributed by atoms with E-state index in [1.165, 1.54) is 6.07 Å². The monoisotopic (exact) mass is 269 g/mol. The molecule has 0 heterocycles. The van der Waals surface area contributed by atoms with Crippen LogP contribution in [0.25, 0.3) is 0 Å². The van der Waals surface area contributed by atoms with Crippen LogP contribution in [0.5, 0.6) is 0 Å².